The molecule has 0 aliphatic carbocycles. The summed E-state index contributed by atoms with van der Waals surface area (Å²) in [5.41, 5.74) is 3.02. The quantitative estimate of drug-likeness (QED) is 0.515. The second-order valence-corrected chi connectivity index (χ2v) is 8.01. The summed E-state index contributed by atoms with van der Waals surface area (Å²) in [7, 11) is 0. The van der Waals surface area contributed by atoms with E-state index >= 15 is 0 Å². The van der Waals surface area contributed by atoms with E-state index in [1.807, 2.05) is 12.1 Å². The number of aromatic nitrogens is 5. The van der Waals surface area contributed by atoms with Crippen molar-refractivity contribution in [3.63, 3.8) is 0 Å². The highest BCUT2D eigenvalue weighted by atomic mass is 32.2. The Hall–Kier alpha value is -2.41. The zero-order chi connectivity index (χ0) is 17.6. The van der Waals surface area contributed by atoms with Crippen LogP contribution in [-0.2, 0) is 11.2 Å². The van der Waals surface area contributed by atoms with Crippen LogP contribution < -0.4 is 0 Å². The van der Waals surface area contributed by atoms with Gasteiger partial charge >= 0.3 is 0 Å². The van der Waals surface area contributed by atoms with Crippen LogP contribution in [0.15, 0.2) is 40.0 Å². The van der Waals surface area contributed by atoms with Gasteiger partial charge in [-0.05, 0) is 24.6 Å². The summed E-state index contributed by atoms with van der Waals surface area (Å²) in [6.07, 6.45) is 0. The van der Waals surface area contributed by atoms with Crippen LogP contribution in [0.1, 0.15) is 38.0 Å². The van der Waals surface area contributed by atoms with E-state index in [1.165, 1.54) is 10.9 Å². The van der Waals surface area contributed by atoms with Gasteiger partial charge in [-0.2, -0.15) is 4.98 Å². The molecule has 0 radical (unpaired) electrons. The molecule has 0 fully saturated rings. The third kappa shape index (κ3) is 2.89. The van der Waals surface area contributed by atoms with Crippen molar-refractivity contribution in [1.82, 2.24) is 24.7 Å². The molecule has 0 bridgehead atoms. The number of thioether (sulfide) groups is 1. The maximum atomic E-state index is 5.37. The van der Waals surface area contributed by atoms with E-state index in [9.17, 15) is 0 Å². The smallest absolute Gasteiger partial charge is 0.237 e. The minimum atomic E-state index is -0.123. The highest BCUT2D eigenvalue weighted by molar-refractivity contribution is 7.98. The number of para-hydroxylation sites is 1. The summed E-state index contributed by atoms with van der Waals surface area (Å²) in [5, 5.41) is 14.7. The Bertz CT molecular complexity index is 1060. The van der Waals surface area contributed by atoms with Crippen LogP contribution in [0.3, 0.4) is 0 Å². The predicted molar refractivity (Wildman–Crippen MR) is 97.8 cm³/mol. The van der Waals surface area contributed by atoms with Gasteiger partial charge in [0.05, 0.1) is 11.3 Å². The number of pyridine rings is 1. The Kier molecular flexibility index (Phi) is 3.76. The molecule has 25 heavy (non-hydrogen) atoms. The Labute approximate surface area is 149 Å². The molecular formula is C18H19N5OS. The third-order valence-corrected chi connectivity index (χ3v) is 4.95. The number of hydrogen-bond acceptors (Lipinski definition) is 6. The first-order chi connectivity index (χ1) is 11.9. The van der Waals surface area contributed by atoms with Crippen LogP contribution in [0.2, 0.25) is 0 Å². The molecule has 0 spiro atoms. The zero-order valence-corrected chi connectivity index (χ0v) is 15.5. The van der Waals surface area contributed by atoms with Gasteiger partial charge in [0.25, 0.3) is 0 Å². The lowest BCUT2D eigenvalue weighted by Gasteiger charge is -2.10. The van der Waals surface area contributed by atoms with Gasteiger partial charge in [-0.3, -0.25) is 4.40 Å². The van der Waals surface area contributed by atoms with E-state index in [0.717, 1.165) is 22.1 Å². The lowest BCUT2D eigenvalue weighted by Crippen LogP contribution is -2.13. The van der Waals surface area contributed by atoms with Gasteiger partial charge in [-0.25, -0.2) is 0 Å². The highest BCUT2D eigenvalue weighted by Crippen LogP contribution is 2.28. The van der Waals surface area contributed by atoms with Gasteiger partial charge < -0.3 is 4.52 Å². The maximum Gasteiger partial charge on any atom is 0.237 e. The van der Waals surface area contributed by atoms with Gasteiger partial charge in [0.2, 0.25) is 5.89 Å². The van der Waals surface area contributed by atoms with E-state index in [1.54, 1.807) is 11.8 Å². The molecule has 0 aliphatic rings. The molecule has 128 valence electrons. The Morgan fingerprint density at radius 1 is 1.16 bits per heavy atom. The number of hydrogen-bond donors (Lipinski definition) is 0. The fraction of sp³-hybridized carbons (Fsp3) is 0.333. The van der Waals surface area contributed by atoms with Gasteiger partial charge in [-0.15, -0.1) is 10.2 Å². The molecule has 0 amide bonds. The molecule has 0 N–H and O–H groups in total. The normalized spacial score (nSPS) is 12.3. The van der Waals surface area contributed by atoms with E-state index in [0.29, 0.717) is 11.6 Å². The van der Waals surface area contributed by atoms with Crippen molar-refractivity contribution in [3.05, 3.63) is 47.6 Å². The second kappa shape index (κ2) is 5.84. The lowest BCUT2D eigenvalue weighted by molar-refractivity contribution is 0.372. The Balaban J connectivity index is 1.68. The van der Waals surface area contributed by atoms with E-state index in [-0.39, 0.29) is 5.41 Å². The zero-order valence-electron chi connectivity index (χ0n) is 14.6. The number of aryl methyl sites for hydroxylation is 1. The predicted octanol–water partition coefficient (Wildman–Crippen LogP) is 4.16. The van der Waals surface area contributed by atoms with Gasteiger partial charge in [0.1, 0.15) is 0 Å². The van der Waals surface area contributed by atoms with Crippen molar-refractivity contribution in [2.24, 2.45) is 0 Å². The monoisotopic (exact) mass is 353 g/mol. The number of benzene rings is 1. The molecule has 0 saturated carbocycles. The van der Waals surface area contributed by atoms with Crippen molar-refractivity contribution in [3.8, 4) is 0 Å². The van der Waals surface area contributed by atoms with Crippen LogP contribution in [-0.4, -0.2) is 24.7 Å². The molecule has 0 saturated heterocycles. The van der Waals surface area contributed by atoms with Crippen molar-refractivity contribution in [2.75, 3.05) is 0 Å². The molecule has 7 heteroatoms. The maximum absolute atomic E-state index is 5.37. The summed E-state index contributed by atoms with van der Waals surface area (Å²) in [4.78, 5) is 4.48. The van der Waals surface area contributed by atoms with Crippen molar-refractivity contribution in [2.45, 2.75) is 44.0 Å². The van der Waals surface area contributed by atoms with Gasteiger partial charge in [0.15, 0.2) is 16.6 Å². The van der Waals surface area contributed by atoms with E-state index in [2.05, 4.69) is 70.6 Å². The first-order valence-corrected chi connectivity index (χ1v) is 9.11. The molecule has 3 aromatic heterocycles. The van der Waals surface area contributed by atoms with Crippen LogP contribution in [0, 0.1) is 6.92 Å². The number of nitrogens with zero attached hydrogens (tertiary/aromatic N) is 5. The molecule has 0 atom stereocenters. The van der Waals surface area contributed by atoms with Gasteiger partial charge in [0, 0.05) is 10.8 Å². The molecular weight excluding hydrogens is 334 g/mol. The van der Waals surface area contributed by atoms with Crippen molar-refractivity contribution in [1.29, 1.82) is 0 Å². The van der Waals surface area contributed by atoms with Crippen LogP contribution in [0.4, 0.5) is 0 Å². The molecule has 0 unspecified atom stereocenters. The molecule has 3 heterocycles. The topological polar surface area (TPSA) is 69.1 Å². The Morgan fingerprint density at radius 3 is 2.72 bits per heavy atom. The summed E-state index contributed by atoms with van der Waals surface area (Å²) in [5.74, 6) is 1.88. The molecule has 0 aliphatic heterocycles. The van der Waals surface area contributed by atoms with Crippen molar-refractivity contribution < 1.29 is 4.52 Å². The van der Waals surface area contributed by atoms with E-state index < -0.39 is 0 Å². The lowest BCUT2D eigenvalue weighted by atomic mass is 9.96. The molecule has 1 aromatic carbocycles. The van der Waals surface area contributed by atoms with Crippen LogP contribution >= 0.6 is 11.8 Å². The van der Waals surface area contributed by atoms with Crippen LogP contribution in [0.25, 0.3) is 16.6 Å². The first-order valence-electron chi connectivity index (χ1n) is 8.13. The summed E-state index contributed by atoms with van der Waals surface area (Å²) in [6, 6.07) is 10.3. The third-order valence-electron chi connectivity index (χ3n) is 4.04. The fourth-order valence-electron chi connectivity index (χ4n) is 2.71. The summed E-state index contributed by atoms with van der Waals surface area (Å²) >= 11 is 1.55. The van der Waals surface area contributed by atoms with E-state index in [4.69, 9.17) is 4.52 Å². The summed E-state index contributed by atoms with van der Waals surface area (Å²) in [6.45, 7) is 8.29. The van der Waals surface area contributed by atoms with Crippen LogP contribution in [0.5, 0.6) is 0 Å². The number of rotatable bonds is 3. The standard InChI is InChI=1S/C18H19N5OS/c1-11-9-14-20-21-17(23(14)13-8-6-5-7-12(11)13)25-10-15-19-16(22-24-15)18(2,3)4/h5-9H,10H2,1-4H3. The highest BCUT2D eigenvalue weighted by Gasteiger charge is 2.21. The van der Waals surface area contributed by atoms with Crippen molar-refractivity contribution >= 4 is 28.3 Å². The fourth-order valence-corrected chi connectivity index (χ4v) is 3.50. The molecule has 6 nitrogen and oxygen atoms in total. The minimum Gasteiger partial charge on any atom is -0.338 e. The minimum absolute atomic E-state index is 0.123. The Morgan fingerprint density at radius 2 is 1.96 bits per heavy atom. The van der Waals surface area contributed by atoms with Gasteiger partial charge in [-0.1, -0.05) is 55.9 Å². The first kappa shape index (κ1) is 16.1. The second-order valence-electron chi connectivity index (χ2n) is 7.07. The average molecular weight is 353 g/mol. The SMILES string of the molecule is Cc1cc2nnc(SCc3nc(C(C)(C)C)no3)n2c2ccccc12. The molecule has 4 rings (SSSR count). The average Bonchev–Trinajstić information content (AvgIpc) is 3.19. The largest absolute Gasteiger partial charge is 0.338 e. The number of fused-ring (bicyclic) bond motifs is 3. The summed E-state index contributed by atoms with van der Waals surface area (Å²) < 4.78 is 7.45. The molecule has 4 aromatic rings.